The summed E-state index contributed by atoms with van der Waals surface area (Å²) < 4.78 is 32.9. The molecule has 0 atom stereocenters. The van der Waals surface area contributed by atoms with Crippen molar-refractivity contribution in [3.63, 3.8) is 0 Å². The van der Waals surface area contributed by atoms with Crippen LogP contribution in [0.5, 0.6) is 0 Å². The predicted molar refractivity (Wildman–Crippen MR) is 74.9 cm³/mol. The zero-order valence-corrected chi connectivity index (χ0v) is 13.0. The van der Waals surface area contributed by atoms with Crippen LogP contribution in [0.15, 0.2) is 9.42 Å². The topological polar surface area (TPSA) is 63.4 Å². The normalized spacial score (nSPS) is 23.5. The molecule has 0 aromatic carbocycles. The Morgan fingerprint density at radius 1 is 1.10 bits per heavy atom. The van der Waals surface area contributed by atoms with E-state index in [4.69, 9.17) is 4.52 Å². The molecule has 1 saturated carbocycles. The molecule has 6 heteroatoms. The van der Waals surface area contributed by atoms with E-state index in [0.29, 0.717) is 18.0 Å². The summed E-state index contributed by atoms with van der Waals surface area (Å²) in [5.41, 5.74) is 0.327. The third-order valence-corrected chi connectivity index (χ3v) is 7.08. The van der Waals surface area contributed by atoms with Crippen molar-refractivity contribution in [1.29, 1.82) is 0 Å². The first kappa shape index (κ1) is 14.1. The first-order valence-electron chi connectivity index (χ1n) is 7.43. The van der Waals surface area contributed by atoms with Crippen molar-refractivity contribution in [1.82, 2.24) is 9.46 Å². The summed E-state index contributed by atoms with van der Waals surface area (Å²) in [5.74, 6) is 0.403. The number of aryl methyl sites for hydroxylation is 2. The Labute approximate surface area is 120 Å². The lowest BCUT2D eigenvalue weighted by Gasteiger charge is -2.40. The lowest BCUT2D eigenvalue weighted by Crippen LogP contribution is -2.48. The summed E-state index contributed by atoms with van der Waals surface area (Å²) in [6.07, 6.45) is 7.44. The second-order valence-corrected chi connectivity index (χ2v) is 7.92. The van der Waals surface area contributed by atoms with Crippen LogP contribution >= 0.6 is 0 Å². The highest BCUT2D eigenvalue weighted by Crippen LogP contribution is 2.45. The van der Waals surface area contributed by atoms with Crippen molar-refractivity contribution in [2.24, 2.45) is 0 Å². The monoisotopic (exact) mass is 298 g/mol. The molecule has 0 amide bonds. The van der Waals surface area contributed by atoms with Crippen molar-refractivity contribution in [2.45, 2.75) is 69.2 Å². The van der Waals surface area contributed by atoms with Crippen LogP contribution in [0.3, 0.4) is 0 Å². The van der Waals surface area contributed by atoms with Gasteiger partial charge in [0.05, 0.1) is 0 Å². The number of aromatic nitrogens is 1. The molecule has 2 aliphatic rings. The molecular formula is C14H22N2O3S. The molecule has 1 spiro atoms. The van der Waals surface area contributed by atoms with Crippen LogP contribution in [0, 0.1) is 13.8 Å². The van der Waals surface area contributed by atoms with E-state index in [1.807, 2.05) is 0 Å². The van der Waals surface area contributed by atoms with Gasteiger partial charge in [-0.2, -0.15) is 4.31 Å². The summed E-state index contributed by atoms with van der Waals surface area (Å²) >= 11 is 0. The van der Waals surface area contributed by atoms with Gasteiger partial charge >= 0.3 is 0 Å². The van der Waals surface area contributed by atoms with Gasteiger partial charge in [0.15, 0.2) is 5.76 Å². The zero-order valence-electron chi connectivity index (χ0n) is 12.2. The zero-order chi connectivity index (χ0) is 14.4. The van der Waals surface area contributed by atoms with Gasteiger partial charge in [0.1, 0.15) is 10.6 Å². The van der Waals surface area contributed by atoms with E-state index in [-0.39, 0.29) is 10.4 Å². The molecule has 3 rings (SSSR count). The number of sulfonamides is 1. The fourth-order valence-electron chi connectivity index (χ4n) is 3.95. The Hall–Kier alpha value is -0.880. The van der Waals surface area contributed by atoms with Gasteiger partial charge in [-0.1, -0.05) is 24.4 Å². The van der Waals surface area contributed by atoms with Crippen molar-refractivity contribution in [3.05, 3.63) is 11.5 Å². The summed E-state index contributed by atoms with van der Waals surface area (Å²) in [6, 6.07) is 0. The van der Waals surface area contributed by atoms with Gasteiger partial charge in [0, 0.05) is 12.1 Å². The fourth-order valence-corrected chi connectivity index (χ4v) is 6.14. The van der Waals surface area contributed by atoms with E-state index >= 15 is 0 Å². The minimum Gasteiger partial charge on any atom is -0.360 e. The molecule has 1 aliphatic carbocycles. The quantitative estimate of drug-likeness (QED) is 0.842. The van der Waals surface area contributed by atoms with E-state index in [0.717, 1.165) is 38.5 Å². The molecule has 0 unspecified atom stereocenters. The molecule has 0 N–H and O–H groups in total. The third kappa shape index (κ3) is 2.00. The molecule has 2 fully saturated rings. The van der Waals surface area contributed by atoms with Gasteiger partial charge < -0.3 is 4.52 Å². The van der Waals surface area contributed by atoms with Gasteiger partial charge in [-0.3, -0.25) is 0 Å². The molecule has 2 heterocycles. The number of rotatable bonds is 2. The van der Waals surface area contributed by atoms with Crippen LogP contribution in [-0.4, -0.2) is 30.0 Å². The van der Waals surface area contributed by atoms with Gasteiger partial charge in [-0.15, -0.1) is 0 Å². The van der Waals surface area contributed by atoms with Gasteiger partial charge in [-0.05, 0) is 39.5 Å². The van der Waals surface area contributed by atoms with Crippen molar-refractivity contribution < 1.29 is 12.9 Å². The highest BCUT2D eigenvalue weighted by molar-refractivity contribution is 7.89. The van der Waals surface area contributed by atoms with Gasteiger partial charge in [0.25, 0.3) is 0 Å². The highest BCUT2D eigenvalue weighted by atomic mass is 32.2. The molecule has 0 bridgehead atoms. The van der Waals surface area contributed by atoms with E-state index in [2.05, 4.69) is 5.16 Å². The Kier molecular flexibility index (Phi) is 3.41. The summed E-state index contributed by atoms with van der Waals surface area (Å²) in [5, 5.41) is 3.81. The Balaban J connectivity index is 2.03. The molecule has 5 nitrogen and oxygen atoms in total. The lowest BCUT2D eigenvalue weighted by atomic mass is 9.81. The van der Waals surface area contributed by atoms with Crippen LogP contribution in [0.2, 0.25) is 0 Å². The Morgan fingerprint density at radius 2 is 1.75 bits per heavy atom. The van der Waals surface area contributed by atoms with E-state index in [1.165, 1.54) is 6.42 Å². The van der Waals surface area contributed by atoms with Crippen molar-refractivity contribution in [2.75, 3.05) is 6.54 Å². The maximum Gasteiger partial charge on any atom is 0.248 e. The van der Waals surface area contributed by atoms with Crippen LogP contribution in [0.25, 0.3) is 0 Å². The molecule has 20 heavy (non-hydrogen) atoms. The predicted octanol–water partition coefficient (Wildman–Crippen LogP) is 2.78. The van der Waals surface area contributed by atoms with Crippen LogP contribution in [0.4, 0.5) is 0 Å². The smallest absolute Gasteiger partial charge is 0.248 e. The number of hydrogen-bond donors (Lipinski definition) is 0. The fraction of sp³-hybridized carbons (Fsp3) is 0.786. The van der Waals surface area contributed by atoms with E-state index < -0.39 is 10.0 Å². The Morgan fingerprint density at radius 3 is 2.35 bits per heavy atom. The highest BCUT2D eigenvalue weighted by Gasteiger charge is 2.49. The third-order valence-electron chi connectivity index (χ3n) is 4.83. The minimum absolute atomic E-state index is 0.146. The van der Waals surface area contributed by atoms with Crippen LogP contribution < -0.4 is 0 Å². The second-order valence-electron chi connectivity index (χ2n) is 6.12. The summed E-state index contributed by atoms with van der Waals surface area (Å²) in [6.45, 7) is 4.01. The maximum atomic E-state index is 13.0. The standard InChI is InChI=1S/C14H22N2O3S/c1-11-13(12(2)19-15-11)20(17,18)16-10-6-9-14(16)7-4-3-5-8-14/h3-10H2,1-2H3. The molecule has 1 aromatic rings. The first-order valence-corrected chi connectivity index (χ1v) is 8.87. The first-order chi connectivity index (χ1) is 9.47. The molecule has 1 aromatic heterocycles. The summed E-state index contributed by atoms with van der Waals surface area (Å²) in [7, 11) is -3.49. The molecular weight excluding hydrogens is 276 g/mol. The molecule has 1 aliphatic heterocycles. The maximum absolute atomic E-state index is 13.0. The average molecular weight is 298 g/mol. The SMILES string of the molecule is Cc1noc(C)c1S(=O)(=O)N1CCCC12CCCCC2. The van der Waals surface area contributed by atoms with Crippen molar-refractivity contribution in [3.8, 4) is 0 Å². The number of nitrogens with zero attached hydrogens (tertiary/aromatic N) is 2. The van der Waals surface area contributed by atoms with Crippen molar-refractivity contribution >= 4 is 10.0 Å². The average Bonchev–Trinajstić information content (AvgIpc) is 2.95. The van der Waals surface area contributed by atoms with Gasteiger partial charge in [0.2, 0.25) is 10.0 Å². The minimum atomic E-state index is -3.49. The van der Waals surface area contributed by atoms with Gasteiger partial charge in [-0.25, -0.2) is 8.42 Å². The largest absolute Gasteiger partial charge is 0.360 e. The van der Waals surface area contributed by atoms with Crippen LogP contribution in [-0.2, 0) is 10.0 Å². The number of hydrogen-bond acceptors (Lipinski definition) is 4. The molecule has 112 valence electrons. The summed E-state index contributed by atoms with van der Waals surface area (Å²) in [4.78, 5) is 0.282. The van der Waals surface area contributed by atoms with Crippen LogP contribution in [0.1, 0.15) is 56.4 Å². The lowest BCUT2D eigenvalue weighted by molar-refractivity contribution is 0.171. The Bertz CT molecular complexity index is 580. The molecule has 1 saturated heterocycles. The van der Waals surface area contributed by atoms with E-state index in [9.17, 15) is 8.42 Å². The molecule has 0 radical (unpaired) electrons. The van der Waals surface area contributed by atoms with E-state index in [1.54, 1.807) is 18.2 Å². The second kappa shape index (κ2) is 4.84.